The molecule has 0 spiro atoms. The smallest absolute Gasteiger partial charge is 0.337 e. The molecule has 2 aromatic carbocycles. The standard InChI is InChI=1S/C17H17NO4S/c1-12-11-18(16-9-4-3-8-15(12)16)23(20,21)14-7-5-6-13(10-14)17(19)22-2/h3-10,12H,11H2,1-2H3. The van der Waals surface area contributed by atoms with E-state index >= 15 is 0 Å². The van der Waals surface area contributed by atoms with E-state index < -0.39 is 16.0 Å². The van der Waals surface area contributed by atoms with Crippen LogP contribution in [0.2, 0.25) is 0 Å². The minimum absolute atomic E-state index is 0.0873. The lowest BCUT2D eigenvalue weighted by atomic mass is 10.0. The Morgan fingerprint density at radius 1 is 1.17 bits per heavy atom. The number of carbonyl (C=O) groups is 1. The molecule has 0 radical (unpaired) electrons. The monoisotopic (exact) mass is 331 g/mol. The van der Waals surface area contributed by atoms with Crippen LogP contribution in [0.4, 0.5) is 5.69 Å². The molecule has 1 atom stereocenters. The summed E-state index contributed by atoms with van der Waals surface area (Å²) in [6, 6.07) is 13.4. The first-order chi connectivity index (χ1) is 10.9. The van der Waals surface area contributed by atoms with Crippen LogP contribution in [0.1, 0.15) is 28.8 Å². The summed E-state index contributed by atoms with van der Waals surface area (Å²) in [4.78, 5) is 11.7. The summed E-state index contributed by atoms with van der Waals surface area (Å²) in [6.45, 7) is 2.39. The van der Waals surface area contributed by atoms with E-state index in [1.54, 1.807) is 12.1 Å². The van der Waals surface area contributed by atoms with Gasteiger partial charge in [-0.3, -0.25) is 4.31 Å². The second kappa shape index (κ2) is 5.70. The summed E-state index contributed by atoms with van der Waals surface area (Å²) in [6.07, 6.45) is 0. The molecule has 1 heterocycles. The highest BCUT2D eigenvalue weighted by atomic mass is 32.2. The van der Waals surface area contributed by atoms with Crippen molar-refractivity contribution in [3.8, 4) is 0 Å². The number of ether oxygens (including phenoxy) is 1. The van der Waals surface area contributed by atoms with Gasteiger partial charge in [0.1, 0.15) is 0 Å². The molecule has 0 saturated heterocycles. The number of hydrogen-bond donors (Lipinski definition) is 0. The second-order valence-electron chi connectivity index (χ2n) is 5.52. The number of rotatable bonds is 3. The van der Waals surface area contributed by atoms with E-state index in [1.165, 1.54) is 29.6 Å². The fourth-order valence-electron chi connectivity index (χ4n) is 2.83. The van der Waals surface area contributed by atoms with Gasteiger partial charge >= 0.3 is 5.97 Å². The highest BCUT2D eigenvalue weighted by Gasteiger charge is 2.34. The SMILES string of the molecule is COC(=O)c1cccc(S(=O)(=O)N2CC(C)c3ccccc32)c1. The molecule has 0 aromatic heterocycles. The summed E-state index contributed by atoms with van der Waals surface area (Å²) in [5.74, 6) is -0.429. The lowest BCUT2D eigenvalue weighted by Gasteiger charge is -2.20. The van der Waals surface area contributed by atoms with Crippen molar-refractivity contribution >= 4 is 21.7 Å². The van der Waals surface area contributed by atoms with Crippen LogP contribution in [0, 0.1) is 0 Å². The molecule has 3 rings (SSSR count). The predicted octanol–water partition coefficient (Wildman–Crippen LogP) is 2.79. The van der Waals surface area contributed by atoms with Gasteiger partial charge < -0.3 is 4.74 Å². The van der Waals surface area contributed by atoms with E-state index in [1.807, 2.05) is 25.1 Å². The van der Waals surface area contributed by atoms with Gasteiger partial charge in [0.05, 0.1) is 23.3 Å². The normalized spacial score (nSPS) is 17.0. The zero-order valence-electron chi connectivity index (χ0n) is 12.9. The number of benzene rings is 2. The minimum Gasteiger partial charge on any atom is -0.465 e. The van der Waals surface area contributed by atoms with Crippen molar-refractivity contribution in [1.29, 1.82) is 0 Å². The van der Waals surface area contributed by atoms with Crippen LogP contribution in [0.3, 0.4) is 0 Å². The van der Waals surface area contributed by atoms with Crippen molar-refractivity contribution in [2.24, 2.45) is 0 Å². The largest absolute Gasteiger partial charge is 0.465 e. The average Bonchev–Trinajstić information content (AvgIpc) is 2.92. The Morgan fingerprint density at radius 2 is 1.91 bits per heavy atom. The highest BCUT2D eigenvalue weighted by molar-refractivity contribution is 7.92. The number of sulfonamides is 1. The number of nitrogens with zero attached hydrogens (tertiary/aromatic N) is 1. The number of esters is 1. The summed E-state index contributed by atoms with van der Waals surface area (Å²) in [5, 5.41) is 0. The molecule has 1 aliphatic rings. The Labute approximate surface area is 135 Å². The molecule has 1 unspecified atom stereocenters. The topological polar surface area (TPSA) is 63.7 Å². The Morgan fingerprint density at radius 3 is 2.65 bits per heavy atom. The fourth-order valence-corrected chi connectivity index (χ4v) is 4.46. The van der Waals surface area contributed by atoms with E-state index in [0.29, 0.717) is 12.2 Å². The number of fused-ring (bicyclic) bond motifs is 1. The molecule has 0 N–H and O–H groups in total. The Hall–Kier alpha value is -2.34. The van der Waals surface area contributed by atoms with E-state index in [-0.39, 0.29) is 16.4 Å². The second-order valence-corrected chi connectivity index (χ2v) is 7.38. The molecular formula is C17H17NO4S. The molecule has 0 aliphatic carbocycles. The van der Waals surface area contributed by atoms with Crippen LogP contribution in [-0.2, 0) is 14.8 Å². The third-order valence-corrected chi connectivity index (χ3v) is 5.79. The maximum atomic E-state index is 13.0. The van der Waals surface area contributed by atoms with Gasteiger partial charge in [0.15, 0.2) is 0 Å². The summed E-state index contributed by atoms with van der Waals surface area (Å²) < 4.78 is 32.0. The van der Waals surface area contributed by atoms with Crippen molar-refractivity contribution < 1.29 is 17.9 Å². The summed E-state index contributed by atoms with van der Waals surface area (Å²) in [5.41, 5.74) is 1.93. The van der Waals surface area contributed by atoms with Crippen LogP contribution in [0.15, 0.2) is 53.4 Å². The lowest BCUT2D eigenvalue weighted by molar-refractivity contribution is 0.0600. The van der Waals surface area contributed by atoms with Gasteiger partial charge in [-0.1, -0.05) is 31.2 Å². The lowest BCUT2D eigenvalue weighted by Crippen LogP contribution is -2.29. The van der Waals surface area contributed by atoms with Crippen LogP contribution in [0.5, 0.6) is 0 Å². The molecule has 1 aliphatic heterocycles. The van der Waals surface area contributed by atoms with Gasteiger partial charge in [0.2, 0.25) is 0 Å². The molecule has 0 amide bonds. The van der Waals surface area contributed by atoms with Crippen molar-refractivity contribution in [2.75, 3.05) is 18.0 Å². The Bertz CT molecular complexity index is 860. The van der Waals surface area contributed by atoms with E-state index in [9.17, 15) is 13.2 Å². The van der Waals surface area contributed by atoms with Crippen LogP contribution < -0.4 is 4.31 Å². The summed E-state index contributed by atoms with van der Waals surface area (Å²) in [7, 11) is -2.46. The molecule has 0 bridgehead atoms. The maximum absolute atomic E-state index is 13.0. The maximum Gasteiger partial charge on any atom is 0.337 e. The minimum atomic E-state index is -3.72. The van der Waals surface area contributed by atoms with Gasteiger partial charge in [-0.15, -0.1) is 0 Å². The van der Waals surface area contributed by atoms with Gasteiger partial charge in [0, 0.05) is 12.5 Å². The first kappa shape index (κ1) is 15.6. The van der Waals surface area contributed by atoms with Crippen LogP contribution in [-0.4, -0.2) is 28.0 Å². The van der Waals surface area contributed by atoms with E-state index in [0.717, 1.165) is 5.56 Å². The van der Waals surface area contributed by atoms with Crippen molar-refractivity contribution in [2.45, 2.75) is 17.7 Å². The van der Waals surface area contributed by atoms with Crippen LogP contribution >= 0.6 is 0 Å². The first-order valence-corrected chi connectivity index (χ1v) is 8.69. The van der Waals surface area contributed by atoms with E-state index in [4.69, 9.17) is 0 Å². The fraction of sp³-hybridized carbons (Fsp3) is 0.235. The molecule has 23 heavy (non-hydrogen) atoms. The number of anilines is 1. The van der Waals surface area contributed by atoms with E-state index in [2.05, 4.69) is 4.74 Å². The van der Waals surface area contributed by atoms with Gasteiger partial charge in [-0.05, 0) is 29.8 Å². The Balaban J connectivity index is 2.05. The zero-order valence-corrected chi connectivity index (χ0v) is 13.7. The molecule has 2 aromatic rings. The number of carbonyl (C=O) groups excluding carboxylic acids is 1. The molecule has 120 valence electrons. The molecular weight excluding hydrogens is 314 g/mol. The molecule has 0 saturated carbocycles. The summed E-state index contributed by atoms with van der Waals surface area (Å²) >= 11 is 0. The van der Waals surface area contributed by atoms with Crippen molar-refractivity contribution in [3.05, 3.63) is 59.7 Å². The van der Waals surface area contributed by atoms with Gasteiger partial charge in [-0.25, -0.2) is 13.2 Å². The molecule has 6 heteroatoms. The third-order valence-electron chi connectivity index (χ3n) is 4.02. The quantitative estimate of drug-likeness (QED) is 0.811. The first-order valence-electron chi connectivity index (χ1n) is 7.25. The van der Waals surface area contributed by atoms with Gasteiger partial charge in [-0.2, -0.15) is 0 Å². The van der Waals surface area contributed by atoms with Gasteiger partial charge in [0.25, 0.3) is 10.0 Å². The number of hydrogen-bond acceptors (Lipinski definition) is 4. The van der Waals surface area contributed by atoms with Crippen LogP contribution in [0.25, 0.3) is 0 Å². The molecule has 0 fully saturated rings. The van der Waals surface area contributed by atoms with Crippen molar-refractivity contribution in [1.82, 2.24) is 0 Å². The Kier molecular flexibility index (Phi) is 3.85. The predicted molar refractivity (Wildman–Crippen MR) is 87.2 cm³/mol. The molecule has 5 nitrogen and oxygen atoms in total. The third kappa shape index (κ3) is 2.59. The van der Waals surface area contributed by atoms with Crippen molar-refractivity contribution in [3.63, 3.8) is 0 Å². The number of para-hydroxylation sites is 1. The average molecular weight is 331 g/mol. The highest BCUT2D eigenvalue weighted by Crippen LogP contribution is 2.39. The zero-order chi connectivity index (χ0) is 16.6. The number of methoxy groups -OCH3 is 1.